The third-order valence-electron chi connectivity index (χ3n) is 3.27. The molecule has 0 atom stereocenters. The molecular formula is C16H14F5N5O. The van der Waals surface area contributed by atoms with E-state index >= 15 is 0 Å². The van der Waals surface area contributed by atoms with Crippen LogP contribution >= 0.6 is 0 Å². The lowest BCUT2D eigenvalue weighted by Crippen LogP contribution is -2.26. The second kappa shape index (κ2) is 7.48. The van der Waals surface area contributed by atoms with Gasteiger partial charge in [0.25, 0.3) is 0 Å². The number of hydrogen-bond acceptors (Lipinski definition) is 2. The van der Waals surface area contributed by atoms with E-state index in [0.717, 1.165) is 0 Å². The highest BCUT2D eigenvalue weighted by Crippen LogP contribution is 2.37. The Kier molecular flexibility index (Phi) is 5.52. The summed E-state index contributed by atoms with van der Waals surface area (Å²) in [5.74, 6) is -4.64. The molecule has 0 saturated heterocycles. The zero-order valence-corrected chi connectivity index (χ0v) is 13.8. The topological polar surface area (TPSA) is 112 Å². The molecule has 0 aliphatic carbocycles. The van der Waals surface area contributed by atoms with Gasteiger partial charge >= 0.3 is 6.18 Å². The number of hydrogen-bond donors (Lipinski definition) is 3. The molecule has 0 fully saturated rings. The Morgan fingerprint density at radius 3 is 2.15 bits per heavy atom. The van der Waals surface area contributed by atoms with Crippen LogP contribution < -0.4 is 21.9 Å². The summed E-state index contributed by atoms with van der Waals surface area (Å²) in [5, 5.41) is 0. The first kappa shape index (κ1) is 19.9. The Hall–Kier alpha value is -3.37. The highest BCUT2D eigenvalue weighted by Gasteiger charge is 2.33. The molecule has 0 aromatic heterocycles. The van der Waals surface area contributed by atoms with Gasteiger partial charge in [0.1, 0.15) is 5.75 Å². The van der Waals surface area contributed by atoms with Gasteiger partial charge in [-0.15, -0.1) is 0 Å². The van der Waals surface area contributed by atoms with Crippen LogP contribution in [0.2, 0.25) is 0 Å². The van der Waals surface area contributed by atoms with Gasteiger partial charge in [0.15, 0.2) is 23.3 Å². The zero-order chi connectivity index (χ0) is 20.4. The van der Waals surface area contributed by atoms with Gasteiger partial charge in [-0.1, -0.05) is 6.07 Å². The molecule has 2 aromatic rings. The smallest absolute Gasteiger partial charge is 0.416 e. The lowest BCUT2D eigenvalue weighted by Gasteiger charge is -2.14. The Labute approximate surface area is 150 Å². The van der Waals surface area contributed by atoms with Crippen molar-refractivity contribution in [1.29, 1.82) is 0 Å². The van der Waals surface area contributed by atoms with E-state index in [-0.39, 0.29) is 35.5 Å². The molecule has 0 radical (unpaired) electrons. The number of benzene rings is 2. The van der Waals surface area contributed by atoms with Gasteiger partial charge in [0.2, 0.25) is 5.96 Å². The van der Waals surface area contributed by atoms with Gasteiger partial charge < -0.3 is 21.9 Å². The maximum Gasteiger partial charge on any atom is 0.416 e. The third-order valence-corrected chi connectivity index (χ3v) is 3.27. The minimum Gasteiger partial charge on any atom is -0.451 e. The van der Waals surface area contributed by atoms with Crippen molar-refractivity contribution in [3.63, 3.8) is 0 Å². The highest BCUT2D eigenvalue weighted by atomic mass is 19.4. The van der Waals surface area contributed by atoms with Gasteiger partial charge in [-0.3, -0.25) is 0 Å². The fraction of sp³-hybridized carbons (Fsp3) is 0.125. The van der Waals surface area contributed by atoms with Crippen LogP contribution in [-0.2, 0) is 6.18 Å². The van der Waals surface area contributed by atoms with E-state index < -0.39 is 29.1 Å². The molecule has 2 rings (SSSR count). The standard InChI is InChI=1S/C16H14F5N5O/c1-7-11(25-15(24)26-14(22)23)3-2-4-12(7)27-13-9(17)5-8(6-10(13)18)16(19,20)21/h2-6H,1H3,(H6,22,23,24,25,26). The molecule has 0 aliphatic heterocycles. The molecule has 0 unspecified atom stereocenters. The molecule has 6 N–H and O–H groups in total. The number of nitrogens with zero attached hydrogens (tertiary/aromatic N) is 2. The van der Waals surface area contributed by atoms with E-state index in [9.17, 15) is 22.0 Å². The number of rotatable bonds is 3. The lowest BCUT2D eigenvalue weighted by atomic mass is 10.1. The highest BCUT2D eigenvalue weighted by molar-refractivity contribution is 5.93. The monoisotopic (exact) mass is 387 g/mol. The first-order chi connectivity index (χ1) is 12.5. The quantitative estimate of drug-likeness (QED) is 0.426. The SMILES string of the molecule is Cc1c(N=C(N)N=C(N)N)cccc1Oc1c(F)cc(C(F)(F)F)cc1F. The molecule has 144 valence electrons. The molecule has 0 heterocycles. The number of ether oxygens (including phenoxy) is 1. The van der Waals surface area contributed by atoms with Gasteiger partial charge in [-0.05, 0) is 31.2 Å². The maximum absolute atomic E-state index is 14.0. The Bertz CT molecular complexity index is 897. The van der Waals surface area contributed by atoms with Gasteiger partial charge in [0, 0.05) is 5.56 Å². The summed E-state index contributed by atoms with van der Waals surface area (Å²) in [5.41, 5.74) is 14.9. The Morgan fingerprint density at radius 2 is 1.63 bits per heavy atom. The summed E-state index contributed by atoms with van der Waals surface area (Å²) < 4.78 is 70.9. The molecule has 0 amide bonds. The fourth-order valence-corrected chi connectivity index (χ4v) is 2.05. The average molecular weight is 387 g/mol. The lowest BCUT2D eigenvalue weighted by molar-refractivity contribution is -0.138. The summed E-state index contributed by atoms with van der Waals surface area (Å²) in [6, 6.07) is 4.57. The van der Waals surface area contributed by atoms with Crippen LogP contribution in [0.4, 0.5) is 27.6 Å². The average Bonchev–Trinajstić information content (AvgIpc) is 2.52. The van der Waals surface area contributed by atoms with Crippen LogP contribution in [0.15, 0.2) is 40.3 Å². The number of aliphatic imine (C=N–C) groups is 2. The Morgan fingerprint density at radius 1 is 1.04 bits per heavy atom. The second-order valence-electron chi connectivity index (χ2n) is 5.28. The number of guanidine groups is 2. The van der Waals surface area contributed by atoms with E-state index in [2.05, 4.69) is 9.98 Å². The molecule has 27 heavy (non-hydrogen) atoms. The van der Waals surface area contributed by atoms with Crippen molar-refractivity contribution in [2.24, 2.45) is 27.2 Å². The molecule has 0 saturated carbocycles. The van der Waals surface area contributed by atoms with Crippen molar-refractivity contribution in [2.45, 2.75) is 13.1 Å². The van der Waals surface area contributed by atoms with Crippen molar-refractivity contribution in [2.75, 3.05) is 0 Å². The summed E-state index contributed by atoms with van der Waals surface area (Å²) in [7, 11) is 0. The maximum atomic E-state index is 14.0. The van der Waals surface area contributed by atoms with Crippen LogP contribution in [0.5, 0.6) is 11.5 Å². The van der Waals surface area contributed by atoms with Crippen molar-refractivity contribution in [3.8, 4) is 11.5 Å². The van der Waals surface area contributed by atoms with E-state index in [0.29, 0.717) is 5.56 Å². The molecule has 0 spiro atoms. The van der Waals surface area contributed by atoms with E-state index in [1.165, 1.54) is 25.1 Å². The molecule has 0 bridgehead atoms. The van der Waals surface area contributed by atoms with Crippen LogP contribution in [0.25, 0.3) is 0 Å². The first-order valence-corrected chi connectivity index (χ1v) is 7.26. The normalized spacial score (nSPS) is 12.0. The molecule has 11 heteroatoms. The fourth-order valence-electron chi connectivity index (χ4n) is 2.05. The molecular weight excluding hydrogens is 373 g/mol. The largest absolute Gasteiger partial charge is 0.451 e. The number of halogens is 5. The van der Waals surface area contributed by atoms with Crippen LogP contribution in [0.3, 0.4) is 0 Å². The van der Waals surface area contributed by atoms with Gasteiger partial charge in [0.05, 0.1) is 11.3 Å². The third kappa shape index (κ3) is 4.84. The van der Waals surface area contributed by atoms with E-state index in [1.54, 1.807) is 0 Å². The summed E-state index contributed by atoms with van der Waals surface area (Å²) >= 11 is 0. The van der Waals surface area contributed by atoms with E-state index in [1.807, 2.05) is 0 Å². The van der Waals surface area contributed by atoms with Crippen molar-refractivity contribution < 1.29 is 26.7 Å². The van der Waals surface area contributed by atoms with Crippen LogP contribution in [-0.4, -0.2) is 11.9 Å². The van der Waals surface area contributed by atoms with Crippen molar-refractivity contribution >= 4 is 17.6 Å². The predicted molar refractivity (Wildman–Crippen MR) is 89.7 cm³/mol. The minimum absolute atomic E-state index is 0.0497. The molecule has 0 aliphatic rings. The second-order valence-corrected chi connectivity index (χ2v) is 5.28. The summed E-state index contributed by atoms with van der Waals surface area (Å²) in [6.45, 7) is 1.50. The summed E-state index contributed by atoms with van der Waals surface area (Å²) in [6.07, 6.45) is -4.90. The van der Waals surface area contributed by atoms with Gasteiger partial charge in [-0.2, -0.15) is 18.2 Å². The van der Waals surface area contributed by atoms with Crippen LogP contribution in [0.1, 0.15) is 11.1 Å². The summed E-state index contributed by atoms with van der Waals surface area (Å²) in [4.78, 5) is 7.44. The Balaban J connectivity index is 2.42. The molecule has 2 aromatic carbocycles. The minimum atomic E-state index is -4.90. The number of nitrogens with two attached hydrogens (primary N) is 3. The zero-order valence-electron chi connectivity index (χ0n) is 13.8. The van der Waals surface area contributed by atoms with Crippen molar-refractivity contribution in [3.05, 3.63) is 53.1 Å². The van der Waals surface area contributed by atoms with E-state index in [4.69, 9.17) is 21.9 Å². The van der Waals surface area contributed by atoms with Crippen molar-refractivity contribution in [1.82, 2.24) is 0 Å². The predicted octanol–water partition coefficient (Wildman–Crippen LogP) is 3.30. The first-order valence-electron chi connectivity index (χ1n) is 7.26. The molecule has 6 nitrogen and oxygen atoms in total. The number of alkyl halides is 3. The van der Waals surface area contributed by atoms with Crippen LogP contribution in [0, 0.1) is 18.6 Å². The van der Waals surface area contributed by atoms with Gasteiger partial charge in [-0.25, -0.2) is 13.8 Å².